The molecule has 3 heteroatoms. The Morgan fingerprint density at radius 2 is 1.05 bits per heavy atom. The number of para-hydroxylation sites is 2. The van der Waals surface area contributed by atoms with Gasteiger partial charge >= 0.3 is 0 Å². The first-order valence-electron chi connectivity index (χ1n) is 13.7. The van der Waals surface area contributed by atoms with Gasteiger partial charge in [-0.05, 0) is 52.6 Å². The van der Waals surface area contributed by atoms with Gasteiger partial charge in [0.05, 0.1) is 22.1 Å². The van der Waals surface area contributed by atoms with Gasteiger partial charge in [-0.25, -0.2) is 4.98 Å². The zero-order valence-corrected chi connectivity index (χ0v) is 21.6. The summed E-state index contributed by atoms with van der Waals surface area (Å²) in [6, 6.07) is 47.9. The molecule has 3 aromatic heterocycles. The van der Waals surface area contributed by atoms with Crippen LogP contribution in [-0.4, -0.2) is 14.1 Å². The molecule has 9 aromatic rings. The van der Waals surface area contributed by atoms with Crippen molar-refractivity contribution in [2.75, 3.05) is 0 Å². The molecule has 0 N–H and O–H groups in total. The number of fused-ring (bicyclic) bond motifs is 10. The molecule has 0 fully saturated rings. The lowest BCUT2D eigenvalue weighted by molar-refractivity contribution is 1.10. The van der Waals surface area contributed by atoms with Crippen molar-refractivity contribution in [1.82, 2.24) is 14.1 Å². The third kappa shape index (κ3) is 2.81. The molecule has 0 spiro atoms. The summed E-state index contributed by atoms with van der Waals surface area (Å²) >= 11 is 0. The van der Waals surface area contributed by atoms with E-state index in [1.165, 1.54) is 54.3 Å². The fraction of sp³-hybridized carbons (Fsp3) is 0. The molecule has 0 saturated heterocycles. The van der Waals surface area contributed by atoms with Crippen molar-refractivity contribution < 1.29 is 0 Å². The average molecular weight is 510 g/mol. The molecule has 40 heavy (non-hydrogen) atoms. The lowest BCUT2D eigenvalue weighted by atomic mass is 10.0. The van der Waals surface area contributed by atoms with Gasteiger partial charge < -0.3 is 4.57 Å². The van der Waals surface area contributed by atoms with E-state index in [0.29, 0.717) is 0 Å². The highest BCUT2D eigenvalue weighted by Crippen LogP contribution is 2.44. The summed E-state index contributed by atoms with van der Waals surface area (Å²) in [6.07, 6.45) is 1.93. The lowest BCUT2D eigenvalue weighted by Gasteiger charge is -2.11. The maximum absolute atomic E-state index is 5.02. The van der Waals surface area contributed by atoms with Crippen LogP contribution in [0.2, 0.25) is 0 Å². The van der Waals surface area contributed by atoms with Crippen LogP contribution < -0.4 is 0 Å². The van der Waals surface area contributed by atoms with Crippen LogP contribution in [0.1, 0.15) is 0 Å². The van der Waals surface area contributed by atoms with Crippen LogP contribution in [0.25, 0.3) is 76.7 Å². The summed E-state index contributed by atoms with van der Waals surface area (Å²) in [7, 11) is 0. The number of aromatic nitrogens is 3. The molecule has 0 radical (unpaired) electrons. The van der Waals surface area contributed by atoms with Crippen LogP contribution in [0.4, 0.5) is 0 Å². The SMILES string of the molecule is c1ccc(-n2c3ccc4ccccc4c3c3c2ccc2c4ccccc4n(-c4nccc5ccccc45)c23)cc1. The molecule has 3 nitrogen and oxygen atoms in total. The smallest absolute Gasteiger partial charge is 0.145 e. The minimum absolute atomic E-state index is 0.956. The lowest BCUT2D eigenvalue weighted by Crippen LogP contribution is -1.99. The summed E-state index contributed by atoms with van der Waals surface area (Å²) in [5.41, 5.74) is 5.90. The monoisotopic (exact) mass is 509 g/mol. The Bertz CT molecular complexity index is 2420. The molecule has 6 aromatic carbocycles. The molecule has 0 amide bonds. The molecule has 9 rings (SSSR count). The number of pyridine rings is 1. The molecular formula is C37H23N3. The molecule has 0 aliphatic heterocycles. The average Bonchev–Trinajstić information content (AvgIpc) is 3.54. The van der Waals surface area contributed by atoms with Crippen LogP contribution in [0.3, 0.4) is 0 Å². The van der Waals surface area contributed by atoms with E-state index in [2.05, 4.69) is 143 Å². The Morgan fingerprint density at radius 1 is 0.400 bits per heavy atom. The summed E-state index contributed by atoms with van der Waals surface area (Å²) < 4.78 is 4.81. The number of rotatable bonds is 2. The van der Waals surface area contributed by atoms with E-state index < -0.39 is 0 Å². The van der Waals surface area contributed by atoms with Crippen molar-refractivity contribution in [2.45, 2.75) is 0 Å². The summed E-state index contributed by atoms with van der Waals surface area (Å²) in [4.78, 5) is 5.02. The van der Waals surface area contributed by atoms with Gasteiger partial charge in [0, 0.05) is 38.8 Å². The molecule has 0 bridgehead atoms. The highest BCUT2D eigenvalue weighted by Gasteiger charge is 2.22. The van der Waals surface area contributed by atoms with E-state index in [-0.39, 0.29) is 0 Å². The van der Waals surface area contributed by atoms with Crippen LogP contribution in [0.5, 0.6) is 0 Å². The maximum Gasteiger partial charge on any atom is 0.145 e. The van der Waals surface area contributed by atoms with Crippen molar-refractivity contribution in [3.63, 3.8) is 0 Å². The van der Waals surface area contributed by atoms with Gasteiger partial charge in [-0.15, -0.1) is 0 Å². The summed E-state index contributed by atoms with van der Waals surface area (Å²) in [5, 5.41) is 9.81. The molecule has 3 heterocycles. The Hall–Kier alpha value is -5.41. The van der Waals surface area contributed by atoms with Crippen molar-refractivity contribution in [3.8, 4) is 11.5 Å². The first-order valence-corrected chi connectivity index (χ1v) is 13.7. The minimum atomic E-state index is 0.956. The molecule has 186 valence electrons. The van der Waals surface area contributed by atoms with Crippen molar-refractivity contribution in [1.29, 1.82) is 0 Å². The quantitative estimate of drug-likeness (QED) is 0.227. The highest BCUT2D eigenvalue weighted by molar-refractivity contribution is 6.31. The summed E-state index contributed by atoms with van der Waals surface area (Å²) in [5.74, 6) is 0.956. The van der Waals surface area contributed by atoms with Gasteiger partial charge in [0.1, 0.15) is 5.82 Å². The first-order chi connectivity index (χ1) is 19.9. The molecule has 0 aliphatic carbocycles. The fourth-order valence-electron chi connectivity index (χ4n) is 6.68. The fourth-order valence-corrected chi connectivity index (χ4v) is 6.68. The Labute approximate surface area is 230 Å². The Balaban J connectivity index is 1.60. The first kappa shape index (κ1) is 21.5. The van der Waals surface area contributed by atoms with Crippen molar-refractivity contribution in [3.05, 3.63) is 140 Å². The van der Waals surface area contributed by atoms with Gasteiger partial charge in [-0.2, -0.15) is 0 Å². The van der Waals surface area contributed by atoms with Crippen LogP contribution in [0.15, 0.2) is 140 Å². The number of nitrogens with zero attached hydrogens (tertiary/aromatic N) is 3. The van der Waals surface area contributed by atoms with Gasteiger partial charge in [0.25, 0.3) is 0 Å². The largest absolute Gasteiger partial charge is 0.309 e. The van der Waals surface area contributed by atoms with E-state index >= 15 is 0 Å². The van der Waals surface area contributed by atoms with Gasteiger partial charge in [0.2, 0.25) is 0 Å². The van der Waals surface area contributed by atoms with E-state index in [4.69, 9.17) is 4.98 Å². The second-order valence-electron chi connectivity index (χ2n) is 10.4. The van der Waals surface area contributed by atoms with Gasteiger partial charge in [0.15, 0.2) is 0 Å². The second-order valence-corrected chi connectivity index (χ2v) is 10.4. The standard InChI is InChI=1S/C37H23N3/c1-2-12-26(13-3-1)39-32-20-18-24-10-4-6-14-27(24)34(32)35-33(39)21-19-30-29-16-8-9-17-31(29)40(36(30)35)37-28-15-7-5-11-25(28)22-23-38-37/h1-23H. The molecular weight excluding hydrogens is 486 g/mol. The van der Waals surface area contributed by atoms with Crippen molar-refractivity contribution in [2.24, 2.45) is 0 Å². The van der Waals surface area contributed by atoms with Crippen LogP contribution >= 0.6 is 0 Å². The predicted octanol–water partition coefficient (Wildman–Crippen LogP) is 9.58. The molecule has 0 saturated carbocycles. The minimum Gasteiger partial charge on any atom is -0.309 e. The third-order valence-corrected chi connectivity index (χ3v) is 8.33. The number of hydrogen-bond donors (Lipinski definition) is 0. The zero-order chi connectivity index (χ0) is 26.2. The molecule has 0 aliphatic rings. The summed E-state index contributed by atoms with van der Waals surface area (Å²) in [6.45, 7) is 0. The number of benzene rings is 6. The Kier molecular flexibility index (Phi) is 4.33. The van der Waals surface area contributed by atoms with E-state index in [9.17, 15) is 0 Å². The second kappa shape index (κ2) is 8.05. The molecule has 0 unspecified atom stereocenters. The van der Waals surface area contributed by atoms with Gasteiger partial charge in [-0.3, -0.25) is 4.57 Å². The van der Waals surface area contributed by atoms with Crippen LogP contribution in [-0.2, 0) is 0 Å². The zero-order valence-electron chi connectivity index (χ0n) is 21.6. The topological polar surface area (TPSA) is 22.8 Å². The number of hydrogen-bond acceptors (Lipinski definition) is 1. The van der Waals surface area contributed by atoms with E-state index in [0.717, 1.165) is 22.4 Å². The van der Waals surface area contributed by atoms with E-state index in [1.54, 1.807) is 0 Å². The molecule has 0 atom stereocenters. The maximum atomic E-state index is 5.02. The third-order valence-electron chi connectivity index (χ3n) is 8.33. The highest BCUT2D eigenvalue weighted by atomic mass is 15.1. The normalized spacial score (nSPS) is 12.0. The predicted molar refractivity (Wildman–Crippen MR) is 168 cm³/mol. The van der Waals surface area contributed by atoms with Crippen LogP contribution in [0, 0.1) is 0 Å². The van der Waals surface area contributed by atoms with Crippen molar-refractivity contribution >= 4 is 65.2 Å². The Morgan fingerprint density at radius 3 is 1.90 bits per heavy atom. The van der Waals surface area contributed by atoms with Gasteiger partial charge in [-0.1, -0.05) is 97.1 Å². The van der Waals surface area contributed by atoms with E-state index in [1.807, 2.05) is 6.20 Å².